The minimum Gasteiger partial charge on any atom is -0.489 e. The van der Waals surface area contributed by atoms with Gasteiger partial charge in [0.15, 0.2) is 0 Å². The fourth-order valence-electron chi connectivity index (χ4n) is 2.54. The van der Waals surface area contributed by atoms with Crippen molar-refractivity contribution < 1.29 is 9.53 Å². The number of thiocarbonyl (C=S) groups is 1. The number of amides is 1. The predicted octanol–water partition coefficient (Wildman–Crippen LogP) is 5.53. The van der Waals surface area contributed by atoms with E-state index in [4.69, 9.17) is 28.6 Å². The van der Waals surface area contributed by atoms with Crippen molar-refractivity contribution in [3.63, 3.8) is 0 Å². The third-order valence-corrected chi connectivity index (χ3v) is 5.58. The average molecular weight is 404 g/mol. The number of hydrogen-bond donors (Lipinski definition) is 0. The Balaban J connectivity index is 1.72. The summed E-state index contributed by atoms with van der Waals surface area (Å²) >= 11 is 12.8. The highest BCUT2D eigenvalue weighted by atomic mass is 35.5. The Labute approximate surface area is 168 Å². The first-order valence-electron chi connectivity index (χ1n) is 8.30. The lowest BCUT2D eigenvalue weighted by Gasteiger charge is -2.12. The molecule has 0 radical (unpaired) electrons. The van der Waals surface area contributed by atoms with Crippen molar-refractivity contribution in [2.75, 3.05) is 6.54 Å². The molecule has 1 fully saturated rings. The first-order valence-corrected chi connectivity index (χ1v) is 9.90. The van der Waals surface area contributed by atoms with Crippen LogP contribution in [0.3, 0.4) is 0 Å². The maximum atomic E-state index is 12.4. The van der Waals surface area contributed by atoms with Gasteiger partial charge in [-0.15, -0.1) is 0 Å². The topological polar surface area (TPSA) is 29.5 Å². The van der Waals surface area contributed by atoms with Gasteiger partial charge in [-0.05, 0) is 36.3 Å². The second kappa shape index (κ2) is 8.71. The summed E-state index contributed by atoms with van der Waals surface area (Å²) in [5, 5.41) is 0.684. The van der Waals surface area contributed by atoms with E-state index in [1.54, 1.807) is 4.90 Å². The zero-order chi connectivity index (χ0) is 18.5. The monoisotopic (exact) mass is 403 g/mol. The van der Waals surface area contributed by atoms with Gasteiger partial charge in [-0.1, -0.05) is 72.8 Å². The number of hydrogen-bond acceptors (Lipinski definition) is 4. The molecule has 26 heavy (non-hydrogen) atoms. The largest absolute Gasteiger partial charge is 0.489 e. The summed E-state index contributed by atoms with van der Waals surface area (Å²) < 4.78 is 6.46. The number of ether oxygens (including phenoxy) is 1. The van der Waals surface area contributed by atoms with Gasteiger partial charge in [0, 0.05) is 17.1 Å². The van der Waals surface area contributed by atoms with E-state index in [1.807, 2.05) is 61.5 Å². The molecule has 0 N–H and O–H groups in total. The first kappa shape index (κ1) is 19.0. The normalized spacial score (nSPS) is 15.8. The van der Waals surface area contributed by atoms with Crippen LogP contribution in [0.1, 0.15) is 24.5 Å². The van der Waals surface area contributed by atoms with Crippen LogP contribution in [0.5, 0.6) is 5.75 Å². The SMILES string of the molecule is CCCN1C(=O)/C(=C/c2cccc(OCc3ccccc3Cl)c2)SC1=S. The van der Waals surface area contributed by atoms with E-state index in [-0.39, 0.29) is 5.91 Å². The molecule has 0 bridgehead atoms. The maximum Gasteiger partial charge on any atom is 0.266 e. The van der Waals surface area contributed by atoms with Crippen molar-refractivity contribution in [1.29, 1.82) is 0 Å². The van der Waals surface area contributed by atoms with E-state index in [0.717, 1.165) is 23.3 Å². The molecule has 0 aliphatic carbocycles. The van der Waals surface area contributed by atoms with Crippen molar-refractivity contribution >= 4 is 51.9 Å². The van der Waals surface area contributed by atoms with Gasteiger partial charge in [0.1, 0.15) is 16.7 Å². The van der Waals surface area contributed by atoms with E-state index in [0.29, 0.717) is 27.4 Å². The number of benzene rings is 2. The Morgan fingerprint density at radius 2 is 2.04 bits per heavy atom. The first-order chi connectivity index (χ1) is 12.6. The van der Waals surface area contributed by atoms with Crippen LogP contribution in [-0.2, 0) is 11.4 Å². The second-order valence-corrected chi connectivity index (χ2v) is 7.87. The van der Waals surface area contributed by atoms with Gasteiger partial charge in [0.2, 0.25) is 0 Å². The number of nitrogens with zero attached hydrogens (tertiary/aromatic N) is 1. The van der Waals surface area contributed by atoms with Crippen LogP contribution < -0.4 is 4.74 Å². The molecule has 1 heterocycles. The predicted molar refractivity (Wildman–Crippen MR) is 112 cm³/mol. The summed E-state index contributed by atoms with van der Waals surface area (Å²) in [6.07, 6.45) is 2.74. The number of halogens is 1. The second-order valence-electron chi connectivity index (χ2n) is 5.79. The van der Waals surface area contributed by atoms with Crippen molar-refractivity contribution in [2.24, 2.45) is 0 Å². The molecule has 134 valence electrons. The number of carbonyl (C=O) groups is 1. The van der Waals surface area contributed by atoms with Gasteiger partial charge >= 0.3 is 0 Å². The zero-order valence-electron chi connectivity index (χ0n) is 14.3. The lowest BCUT2D eigenvalue weighted by Crippen LogP contribution is -2.28. The van der Waals surface area contributed by atoms with Gasteiger partial charge in [0.25, 0.3) is 5.91 Å². The molecule has 3 nitrogen and oxygen atoms in total. The Morgan fingerprint density at radius 3 is 2.81 bits per heavy atom. The standard InChI is InChI=1S/C20H18ClNO2S2/c1-2-10-22-19(23)18(26-20(22)25)12-14-6-5-8-16(11-14)24-13-15-7-3-4-9-17(15)21/h3-9,11-12H,2,10,13H2,1H3/b18-12-. The molecule has 0 atom stereocenters. The lowest BCUT2D eigenvalue weighted by atomic mass is 10.2. The van der Waals surface area contributed by atoms with Crippen LogP contribution in [0, 0.1) is 0 Å². The third-order valence-electron chi connectivity index (χ3n) is 3.83. The van der Waals surface area contributed by atoms with Crippen LogP contribution >= 0.6 is 35.6 Å². The van der Waals surface area contributed by atoms with Gasteiger partial charge in [-0.2, -0.15) is 0 Å². The van der Waals surface area contributed by atoms with Gasteiger partial charge < -0.3 is 4.74 Å². The number of thioether (sulfide) groups is 1. The molecule has 2 aromatic rings. The fourth-order valence-corrected chi connectivity index (χ4v) is 4.04. The van der Waals surface area contributed by atoms with Crippen LogP contribution in [0.25, 0.3) is 6.08 Å². The summed E-state index contributed by atoms with van der Waals surface area (Å²) in [4.78, 5) is 14.7. The highest BCUT2D eigenvalue weighted by Gasteiger charge is 2.31. The van der Waals surface area contributed by atoms with Crippen LogP contribution in [0.4, 0.5) is 0 Å². The average Bonchev–Trinajstić information content (AvgIpc) is 2.89. The fraction of sp³-hybridized carbons (Fsp3) is 0.200. The number of rotatable bonds is 6. The van der Waals surface area contributed by atoms with Crippen LogP contribution in [0.15, 0.2) is 53.4 Å². The third kappa shape index (κ3) is 4.47. The van der Waals surface area contributed by atoms with Gasteiger partial charge in [0.05, 0.1) is 4.91 Å². The van der Waals surface area contributed by atoms with E-state index in [1.165, 1.54) is 11.8 Å². The molecule has 2 aromatic carbocycles. The van der Waals surface area contributed by atoms with Gasteiger partial charge in [-0.3, -0.25) is 9.69 Å². The van der Waals surface area contributed by atoms with Crippen LogP contribution in [0.2, 0.25) is 5.02 Å². The zero-order valence-corrected chi connectivity index (χ0v) is 16.7. The minimum atomic E-state index is -0.0239. The molecule has 1 saturated heterocycles. The molecule has 0 spiro atoms. The molecule has 0 aromatic heterocycles. The van der Waals surface area contributed by atoms with Crippen molar-refractivity contribution in [2.45, 2.75) is 20.0 Å². The summed E-state index contributed by atoms with van der Waals surface area (Å²) in [7, 11) is 0. The molecule has 0 unspecified atom stereocenters. The quantitative estimate of drug-likeness (QED) is 0.468. The Morgan fingerprint density at radius 1 is 1.23 bits per heavy atom. The molecule has 3 rings (SSSR count). The lowest BCUT2D eigenvalue weighted by molar-refractivity contribution is -0.122. The van der Waals surface area contributed by atoms with E-state index < -0.39 is 0 Å². The minimum absolute atomic E-state index is 0.0239. The number of carbonyl (C=O) groups excluding carboxylic acids is 1. The smallest absolute Gasteiger partial charge is 0.266 e. The van der Waals surface area contributed by atoms with Crippen molar-refractivity contribution in [3.8, 4) is 5.75 Å². The van der Waals surface area contributed by atoms with Gasteiger partial charge in [-0.25, -0.2) is 0 Å². The maximum absolute atomic E-state index is 12.4. The van der Waals surface area contributed by atoms with Crippen molar-refractivity contribution in [3.05, 3.63) is 69.6 Å². The molecule has 1 aliphatic heterocycles. The molecule has 0 saturated carbocycles. The summed E-state index contributed by atoms with van der Waals surface area (Å²) in [6.45, 7) is 3.08. The van der Waals surface area contributed by atoms with E-state index in [2.05, 4.69) is 0 Å². The molecular weight excluding hydrogens is 386 g/mol. The molecule has 6 heteroatoms. The summed E-state index contributed by atoms with van der Waals surface area (Å²) in [5.74, 6) is 0.701. The van der Waals surface area contributed by atoms with E-state index in [9.17, 15) is 4.79 Å². The Kier molecular flexibility index (Phi) is 6.35. The molecule has 1 aliphatic rings. The highest BCUT2D eigenvalue weighted by molar-refractivity contribution is 8.26. The molecular formula is C20H18ClNO2S2. The highest BCUT2D eigenvalue weighted by Crippen LogP contribution is 2.33. The Bertz CT molecular complexity index is 866. The van der Waals surface area contributed by atoms with E-state index >= 15 is 0 Å². The van der Waals surface area contributed by atoms with Crippen molar-refractivity contribution in [1.82, 2.24) is 4.90 Å². The Hall–Kier alpha value is -1.82. The summed E-state index contributed by atoms with van der Waals surface area (Å²) in [5.41, 5.74) is 1.83. The summed E-state index contributed by atoms with van der Waals surface area (Å²) in [6, 6.07) is 15.2. The molecule has 1 amide bonds. The van der Waals surface area contributed by atoms with Crippen LogP contribution in [-0.4, -0.2) is 21.7 Å².